The highest BCUT2D eigenvalue weighted by Gasteiger charge is 2.37. The zero-order chi connectivity index (χ0) is 12.5. The summed E-state index contributed by atoms with van der Waals surface area (Å²) >= 11 is 0. The van der Waals surface area contributed by atoms with Gasteiger partial charge in [0.25, 0.3) is 0 Å². The summed E-state index contributed by atoms with van der Waals surface area (Å²) in [5, 5.41) is 3.08. The van der Waals surface area contributed by atoms with Crippen LogP contribution in [0, 0.1) is 5.92 Å². The molecule has 0 aromatic rings. The SMILES string of the molecule is CCCN(C(=O)C1CNC1)C1CCS(=O)(=O)C1. The Morgan fingerprint density at radius 1 is 1.41 bits per heavy atom. The minimum absolute atomic E-state index is 0.0601. The molecule has 1 amide bonds. The van der Waals surface area contributed by atoms with Crippen LogP contribution in [0.4, 0.5) is 0 Å². The fourth-order valence-electron chi connectivity index (χ4n) is 2.43. The summed E-state index contributed by atoms with van der Waals surface area (Å²) in [6, 6.07) is -0.0898. The lowest BCUT2D eigenvalue weighted by molar-refractivity contribution is -0.139. The van der Waals surface area contributed by atoms with Gasteiger partial charge in [-0.2, -0.15) is 0 Å². The van der Waals surface area contributed by atoms with E-state index in [4.69, 9.17) is 0 Å². The highest BCUT2D eigenvalue weighted by Crippen LogP contribution is 2.21. The van der Waals surface area contributed by atoms with E-state index in [9.17, 15) is 13.2 Å². The largest absolute Gasteiger partial charge is 0.338 e. The van der Waals surface area contributed by atoms with Gasteiger partial charge >= 0.3 is 0 Å². The van der Waals surface area contributed by atoms with Crippen molar-refractivity contribution in [1.29, 1.82) is 0 Å². The van der Waals surface area contributed by atoms with Crippen LogP contribution >= 0.6 is 0 Å². The van der Waals surface area contributed by atoms with E-state index in [0.29, 0.717) is 13.0 Å². The van der Waals surface area contributed by atoms with Gasteiger partial charge in [0.05, 0.1) is 17.4 Å². The molecule has 0 aliphatic carbocycles. The van der Waals surface area contributed by atoms with Gasteiger partial charge in [0.2, 0.25) is 5.91 Å². The molecule has 2 fully saturated rings. The Morgan fingerprint density at radius 3 is 2.53 bits per heavy atom. The Hall–Kier alpha value is -0.620. The molecule has 0 spiro atoms. The van der Waals surface area contributed by atoms with E-state index in [1.807, 2.05) is 6.92 Å². The lowest BCUT2D eigenvalue weighted by Gasteiger charge is -2.35. The summed E-state index contributed by atoms with van der Waals surface area (Å²) < 4.78 is 23.0. The Morgan fingerprint density at radius 2 is 2.12 bits per heavy atom. The lowest BCUT2D eigenvalue weighted by atomic mass is 10.0. The molecule has 2 saturated heterocycles. The normalized spacial score (nSPS) is 27.7. The van der Waals surface area contributed by atoms with Crippen molar-refractivity contribution in [2.45, 2.75) is 25.8 Å². The molecular formula is C11H20N2O3S. The average Bonchev–Trinajstić information content (AvgIpc) is 2.52. The van der Waals surface area contributed by atoms with Crippen LogP contribution in [-0.2, 0) is 14.6 Å². The third-order valence-electron chi connectivity index (χ3n) is 3.53. The van der Waals surface area contributed by atoms with E-state index in [2.05, 4.69) is 5.32 Å². The van der Waals surface area contributed by atoms with Crippen LogP contribution in [0.25, 0.3) is 0 Å². The van der Waals surface area contributed by atoms with Crippen LogP contribution in [0.2, 0.25) is 0 Å². The Kier molecular flexibility index (Phi) is 3.73. The molecule has 1 atom stereocenters. The fourth-order valence-corrected chi connectivity index (χ4v) is 4.16. The molecule has 0 saturated carbocycles. The third kappa shape index (κ3) is 2.80. The Labute approximate surface area is 102 Å². The predicted octanol–water partition coefficient (Wildman–Crippen LogP) is -0.368. The smallest absolute Gasteiger partial charge is 0.228 e. The second-order valence-corrected chi connectivity index (χ2v) is 7.17. The van der Waals surface area contributed by atoms with Crippen molar-refractivity contribution in [2.75, 3.05) is 31.1 Å². The number of nitrogens with one attached hydrogen (secondary N) is 1. The average molecular weight is 260 g/mol. The number of rotatable bonds is 4. The van der Waals surface area contributed by atoms with E-state index in [0.717, 1.165) is 19.5 Å². The number of carbonyl (C=O) groups is 1. The van der Waals surface area contributed by atoms with Crippen molar-refractivity contribution >= 4 is 15.7 Å². The number of hydrogen-bond acceptors (Lipinski definition) is 4. The van der Waals surface area contributed by atoms with Gasteiger partial charge in [-0.15, -0.1) is 0 Å². The first-order valence-corrected chi connectivity index (χ1v) is 8.07. The maximum Gasteiger partial charge on any atom is 0.228 e. The van der Waals surface area contributed by atoms with Crippen LogP contribution in [0.5, 0.6) is 0 Å². The molecule has 2 aliphatic heterocycles. The maximum absolute atomic E-state index is 12.2. The monoisotopic (exact) mass is 260 g/mol. The second-order valence-electron chi connectivity index (χ2n) is 4.94. The lowest BCUT2D eigenvalue weighted by Crippen LogP contribution is -2.54. The summed E-state index contributed by atoms with van der Waals surface area (Å²) in [6.07, 6.45) is 1.48. The zero-order valence-electron chi connectivity index (χ0n) is 10.2. The first-order chi connectivity index (χ1) is 8.03. The first-order valence-electron chi connectivity index (χ1n) is 6.25. The molecule has 0 radical (unpaired) electrons. The molecule has 2 heterocycles. The van der Waals surface area contributed by atoms with Crippen LogP contribution in [0.1, 0.15) is 19.8 Å². The first kappa shape index (κ1) is 12.8. The number of nitrogens with zero attached hydrogens (tertiary/aromatic N) is 1. The molecule has 0 bridgehead atoms. The van der Waals surface area contributed by atoms with Gasteiger partial charge in [-0.05, 0) is 12.8 Å². The quantitative estimate of drug-likeness (QED) is 0.749. The van der Waals surface area contributed by atoms with Gasteiger partial charge in [0, 0.05) is 25.7 Å². The second kappa shape index (κ2) is 4.94. The number of amides is 1. The molecule has 6 heteroatoms. The fraction of sp³-hybridized carbons (Fsp3) is 0.909. The third-order valence-corrected chi connectivity index (χ3v) is 5.28. The molecule has 98 valence electrons. The molecule has 1 N–H and O–H groups in total. The maximum atomic E-state index is 12.2. The van der Waals surface area contributed by atoms with Crippen LogP contribution in [0.15, 0.2) is 0 Å². The van der Waals surface area contributed by atoms with Crippen molar-refractivity contribution in [3.8, 4) is 0 Å². The highest BCUT2D eigenvalue weighted by molar-refractivity contribution is 7.91. The molecular weight excluding hydrogens is 240 g/mol. The minimum Gasteiger partial charge on any atom is -0.338 e. The van der Waals surface area contributed by atoms with Crippen molar-refractivity contribution in [1.82, 2.24) is 10.2 Å². The van der Waals surface area contributed by atoms with Crippen molar-refractivity contribution < 1.29 is 13.2 Å². The Bertz CT molecular complexity index is 390. The molecule has 5 nitrogen and oxygen atoms in total. The topological polar surface area (TPSA) is 66.5 Å². The van der Waals surface area contributed by atoms with E-state index >= 15 is 0 Å². The van der Waals surface area contributed by atoms with Gasteiger partial charge in [0.15, 0.2) is 9.84 Å². The van der Waals surface area contributed by atoms with Gasteiger partial charge in [0.1, 0.15) is 0 Å². The van der Waals surface area contributed by atoms with Crippen molar-refractivity contribution in [3.63, 3.8) is 0 Å². The van der Waals surface area contributed by atoms with E-state index < -0.39 is 9.84 Å². The molecule has 2 aliphatic rings. The number of hydrogen-bond donors (Lipinski definition) is 1. The summed E-state index contributed by atoms with van der Waals surface area (Å²) in [7, 11) is -2.92. The minimum atomic E-state index is -2.92. The molecule has 17 heavy (non-hydrogen) atoms. The Balaban J connectivity index is 2.04. The van der Waals surface area contributed by atoms with Crippen molar-refractivity contribution in [2.24, 2.45) is 5.92 Å². The van der Waals surface area contributed by atoms with Crippen LogP contribution in [0.3, 0.4) is 0 Å². The van der Waals surface area contributed by atoms with Crippen molar-refractivity contribution in [3.05, 3.63) is 0 Å². The molecule has 2 rings (SSSR count). The predicted molar refractivity (Wildman–Crippen MR) is 65.4 cm³/mol. The molecule has 0 aromatic heterocycles. The van der Waals surface area contributed by atoms with Crippen LogP contribution < -0.4 is 5.32 Å². The van der Waals surface area contributed by atoms with E-state index in [1.165, 1.54) is 0 Å². The van der Waals surface area contributed by atoms with Gasteiger partial charge in [-0.1, -0.05) is 6.92 Å². The van der Waals surface area contributed by atoms with E-state index in [-0.39, 0.29) is 29.4 Å². The van der Waals surface area contributed by atoms with Gasteiger partial charge < -0.3 is 10.2 Å². The standard InChI is InChI=1S/C11H20N2O3S/c1-2-4-13(11(14)9-6-12-7-9)10-3-5-17(15,16)8-10/h9-10,12H,2-8H2,1H3. The summed E-state index contributed by atoms with van der Waals surface area (Å²) in [6.45, 7) is 4.16. The molecule has 1 unspecified atom stereocenters. The van der Waals surface area contributed by atoms with Gasteiger partial charge in [-0.3, -0.25) is 4.79 Å². The van der Waals surface area contributed by atoms with Crippen LogP contribution in [-0.4, -0.2) is 56.4 Å². The summed E-state index contributed by atoms with van der Waals surface area (Å²) in [4.78, 5) is 14.0. The molecule has 0 aromatic carbocycles. The number of sulfone groups is 1. The summed E-state index contributed by atoms with van der Waals surface area (Å²) in [5.41, 5.74) is 0. The summed E-state index contributed by atoms with van der Waals surface area (Å²) in [5.74, 6) is 0.574. The van der Waals surface area contributed by atoms with E-state index in [1.54, 1.807) is 4.90 Å². The number of carbonyl (C=O) groups excluding carboxylic acids is 1. The zero-order valence-corrected chi connectivity index (χ0v) is 11.0. The van der Waals surface area contributed by atoms with Gasteiger partial charge in [-0.25, -0.2) is 8.42 Å². The highest BCUT2D eigenvalue weighted by atomic mass is 32.2.